The molecule has 136 valence electrons. The zero-order valence-electron chi connectivity index (χ0n) is 13.9. The van der Waals surface area contributed by atoms with Crippen LogP contribution in [0, 0.1) is 10.1 Å². The highest BCUT2D eigenvalue weighted by Crippen LogP contribution is 2.41. The molecule has 3 unspecified atom stereocenters. The molecular weight excluding hydrogens is 404 g/mol. The number of furan rings is 1. The van der Waals surface area contributed by atoms with E-state index in [9.17, 15) is 10.1 Å². The number of nitrogens with zero attached hydrogens (tertiary/aromatic N) is 2. The van der Waals surface area contributed by atoms with Crippen LogP contribution in [0.5, 0.6) is 5.75 Å². The van der Waals surface area contributed by atoms with Gasteiger partial charge in [0.05, 0.1) is 25.3 Å². The molecule has 2 aliphatic rings. The lowest BCUT2D eigenvalue weighted by Crippen LogP contribution is -2.54. The normalized spacial score (nSPS) is 25.3. The van der Waals surface area contributed by atoms with Crippen molar-refractivity contribution in [2.45, 2.75) is 24.7 Å². The molecule has 1 aromatic carbocycles. The topological polar surface area (TPSA) is 92.8 Å². The van der Waals surface area contributed by atoms with E-state index < -0.39 is 4.92 Å². The Kier molecular flexibility index (Phi) is 4.43. The monoisotopic (exact) mass is 420 g/mol. The first kappa shape index (κ1) is 17.1. The summed E-state index contributed by atoms with van der Waals surface area (Å²) in [7, 11) is 1.64. The predicted molar refractivity (Wildman–Crippen MR) is 97.4 cm³/mol. The molecule has 0 radical (unpaired) electrons. The van der Waals surface area contributed by atoms with Crippen molar-refractivity contribution in [1.29, 1.82) is 0 Å². The number of ether oxygens (including phenoxy) is 1. The summed E-state index contributed by atoms with van der Waals surface area (Å²) in [5.41, 5.74) is 4.39. The summed E-state index contributed by atoms with van der Waals surface area (Å²) < 4.78 is 11.6. The van der Waals surface area contributed by atoms with Crippen LogP contribution in [0.3, 0.4) is 0 Å². The molecule has 0 aliphatic carbocycles. The Balaban J connectivity index is 1.64. The van der Waals surface area contributed by atoms with E-state index in [0.717, 1.165) is 15.8 Å². The first-order valence-corrected chi connectivity index (χ1v) is 8.90. The average molecular weight is 421 g/mol. The maximum atomic E-state index is 10.9. The SMILES string of the molecule is COc1ccc(C2CC(c3ccc([N+](=O)[O-])o3)NC3C(Br)=CNN32)cc1. The Morgan fingerprint density at radius 3 is 2.73 bits per heavy atom. The van der Waals surface area contributed by atoms with E-state index in [2.05, 4.69) is 31.7 Å². The van der Waals surface area contributed by atoms with Crippen LogP contribution in [0.1, 0.15) is 29.8 Å². The molecule has 2 aromatic rings. The fraction of sp³-hybridized carbons (Fsp3) is 0.294. The zero-order chi connectivity index (χ0) is 18.3. The number of hydrogen-bond acceptors (Lipinski definition) is 7. The quantitative estimate of drug-likeness (QED) is 0.578. The minimum absolute atomic E-state index is 0.0487. The Morgan fingerprint density at radius 1 is 1.31 bits per heavy atom. The van der Waals surface area contributed by atoms with Crippen molar-refractivity contribution in [3.63, 3.8) is 0 Å². The van der Waals surface area contributed by atoms with Gasteiger partial charge < -0.3 is 14.6 Å². The van der Waals surface area contributed by atoms with Gasteiger partial charge in [-0.25, -0.2) is 0 Å². The summed E-state index contributed by atoms with van der Waals surface area (Å²) in [5, 5.41) is 16.5. The van der Waals surface area contributed by atoms with Gasteiger partial charge in [0, 0.05) is 10.7 Å². The lowest BCUT2D eigenvalue weighted by atomic mass is 9.94. The van der Waals surface area contributed by atoms with E-state index in [1.54, 1.807) is 13.2 Å². The van der Waals surface area contributed by atoms with Gasteiger partial charge in [-0.05, 0) is 30.2 Å². The number of hydrogen-bond donors (Lipinski definition) is 2. The standard InChI is InChI=1S/C17H17BrN4O4/c1-25-11-4-2-10(3-5-11)14-8-13(15-6-7-16(26-15)22(23)24)20-17-12(18)9-19-21(14)17/h2-7,9,13-14,17,19-20H,8H2,1H3. The van der Waals surface area contributed by atoms with E-state index in [0.29, 0.717) is 12.2 Å². The fourth-order valence-electron chi connectivity index (χ4n) is 3.40. The van der Waals surface area contributed by atoms with Gasteiger partial charge >= 0.3 is 5.88 Å². The molecule has 26 heavy (non-hydrogen) atoms. The summed E-state index contributed by atoms with van der Waals surface area (Å²) in [6.45, 7) is 0. The van der Waals surface area contributed by atoms with Crippen molar-refractivity contribution in [1.82, 2.24) is 15.8 Å². The maximum Gasteiger partial charge on any atom is 0.433 e. The Bertz CT molecular complexity index is 851. The Morgan fingerprint density at radius 2 is 2.08 bits per heavy atom. The minimum atomic E-state index is -0.521. The molecule has 1 aromatic heterocycles. The van der Waals surface area contributed by atoms with Gasteiger partial charge in [0.15, 0.2) is 0 Å². The summed E-state index contributed by atoms with van der Waals surface area (Å²) >= 11 is 3.57. The third-order valence-electron chi connectivity index (χ3n) is 4.68. The number of nitro groups is 1. The number of fused-ring (bicyclic) bond motifs is 1. The molecule has 1 saturated heterocycles. The lowest BCUT2D eigenvalue weighted by molar-refractivity contribution is -0.402. The summed E-state index contributed by atoms with van der Waals surface area (Å²) in [6, 6.07) is 10.9. The van der Waals surface area contributed by atoms with E-state index in [1.165, 1.54) is 6.07 Å². The number of nitrogens with one attached hydrogen (secondary N) is 2. The molecule has 2 aliphatic heterocycles. The number of hydrazine groups is 1. The highest BCUT2D eigenvalue weighted by atomic mass is 79.9. The third-order valence-corrected chi connectivity index (χ3v) is 5.34. The summed E-state index contributed by atoms with van der Waals surface area (Å²) in [4.78, 5) is 10.4. The highest BCUT2D eigenvalue weighted by Gasteiger charge is 2.41. The molecule has 1 fully saturated rings. The van der Waals surface area contributed by atoms with Gasteiger partial charge in [0.1, 0.15) is 22.6 Å². The number of rotatable bonds is 4. The molecule has 0 amide bonds. The van der Waals surface area contributed by atoms with E-state index in [-0.39, 0.29) is 24.1 Å². The van der Waals surface area contributed by atoms with Crippen LogP contribution in [-0.2, 0) is 0 Å². The molecule has 3 atom stereocenters. The molecule has 0 spiro atoms. The fourth-order valence-corrected chi connectivity index (χ4v) is 3.85. The number of methoxy groups -OCH3 is 1. The average Bonchev–Trinajstić information content (AvgIpc) is 3.29. The number of benzene rings is 1. The van der Waals surface area contributed by atoms with Crippen molar-refractivity contribution in [2.24, 2.45) is 0 Å². The van der Waals surface area contributed by atoms with Crippen LogP contribution in [0.2, 0.25) is 0 Å². The highest BCUT2D eigenvalue weighted by molar-refractivity contribution is 9.11. The van der Waals surface area contributed by atoms with Gasteiger partial charge in [0.2, 0.25) is 0 Å². The number of halogens is 1. The second-order valence-corrected chi connectivity index (χ2v) is 7.06. The molecule has 8 nitrogen and oxygen atoms in total. The van der Waals surface area contributed by atoms with Gasteiger partial charge in [-0.3, -0.25) is 15.4 Å². The van der Waals surface area contributed by atoms with Crippen LogP contribution in [-0.4, -0.2) is 23.2 Å². The molecule has 3 heterocycles. The van der Waals surface area contributed by atoms with Crippen LogP contribution >= 0.6 is 15.9 Å². The van der Waals surface area contributed by atoms with Crippen molar-refractivity contribution < 1.29 is 14.1 Å². The van der Waals surface area contributed by atoms with E-state index in [4.69, 9.17) is 9.15 Å². The first-order valence-electron chi connectivity index (χ1n) is 8.11. The second-order valence-electron chi connectivity index (χ2n) is 6.15. The van der Waals surface area contributed by atoms with Crippen molar-refractivity contribution in [2.75, 3.05) is 7.11 Å². The second kappa shape index (κ2) is 6.75. The molecule has 0 saturated carbocycles. The summed E-state index contributed by atoms with van der Waals surface area (Å²) in [5.74, 6) is 1.11. The maximum absolute atomic E-state index is 10.9. The van der Waals surface area contributed by atoms with Crippen LogP contribution in [0.4, 0.5) is 5.88 Å². The molecular formula is C17H17BrN4O4. The largest absolute Gasteiger partial charge is 0.497 e. The molecule has 0 bridgehead atoms. The van der Waals surface area contributed by atoms with Crippen LogP contribution in [0.15, 0.2) is 51.5 Å². The van der Waals surface area contributed by atoms with Gasteiger partial charge in [-0.2, -0.15) is 5.01 Å². The van der Waals surface area contributed by atoms with Crippen molar-refractivity contribution in [3.8, 4) is 5.75 Å². The molecule has 9 heteroatoms. The lowest BCUT2D eigenvalue weighted by Gasteiger charge is -2.42. The Labute approximate surface area is 158 Å². The molecule has 2 N–H and O–H groups in total. The van der Waals surface area contributed by atoms with Gasteiger partial charge in [-0.1, -0.05) is 28.1 Å². The third kappa shape index (κ3) is 2.98. The van der Waals surface area contributed by atoms with E-state index >= 15 is 0 Å². The Hall–Kier alpha value is -2.36. The summed E-state index contributed by atoms with van der Waals surface area (Å²) in [6.07, 6.45) is 2.49. The first-order chi connectivity index (χ1) is 12.6. The van der Waals surface area contributed by atoms with Crippen molar-refractivity contribution >= 4 is 21.8 Å². The van der Waals surface area contributed by atoms with Crippen LogP contribution in [0.25, 0.3) is 0 Å². The van der Waals surface area contributed by atoms with Crippen LogP contribution < -0.4 is 15.5 Å². The van der Waals surface area contributed by atoms with Gasteiger partial charge in [0.25, 0.3) is 0 Å². The molecule has 4 rings (SSSR count). The van der Waals surface area contributed by atoms with Gasteiger partial charge in [-0.15, -0.1) is 0 Å². The van der Waals surface area contributed by atoms with Crippen molar-refractivity contribution in [3.05, 3.63) is 68.5 Å². The predicted octanol–water partition coefficient (Wildman–Crippen LogP) is 3.35. The van der Waals surface area contributed by atoms with E-state index in [1.807, 2.05) is 30.5 Å². The zero-order valence-corrected chi connectivity index (χ0v) is 15.5. The minimum Gasteiger partial charge on any atom is -0.497 e. The smallest absolute Gasteiger partial charge is 0.433 e.